The van der Waals surface area contributed by atoms with Crippen LogP contribution in [0.15, 0.2) is 54.6 Å². The lowest BCUT2D eigenvalue weighted by Crippen LogP contribution is -2.34. The zero-order valence-electron chi connectivity index (χ0n) is 16.3. The third kappa shape index (κ3) is 4.44. The summed E-state index contributed by atoms with van der Waals surface area (Å²) in [5.74, 6) is -0.247. The number of ether oxygens (including phenoxy) is 3. The van der Waals surface area contributed by atoms with Crippen LogP contribution in [0.4, 0.5) is 4.79 Å². The summed E-state index contributed by atoms with van der Waals surface area (Å²) in [5, 5.41) is 2.44. The molecule has 2 atom stereocenters. The van der Waals surface area contributed by atoms with Crippen molar-refractivity contribution < 1.29 is 23.8 Å². The Morgan fingerprint density at radius 1 is 1.18 bits per heavy atom. The van der Waals surface area contributed by atoms with Gasteiger partial charge in [-0.1, -0.05) is 56.3 Å². The lowest BCUT2D eigenvalue weighted by Gasteiger charge is -2.29. The summed E-state index contributed by atoms with van der Waals surface area (Å²) < 4.78 is 16.6. The van der Waals surface area contributed by atoms with E-state index in [-0.39, 0.29) is 5.97 Å². The molecule has 1 fully saturated rings. The summed E-state index contributed by atoms with van der Waals surface area (Å²) >= 11 is 0. The molecule has 6 nitrogen and oxygen atoms in total. The molecule has 0 radical (unpaired) electrons. The van der Waals surface area contributed by atoms with Crippen LogP contribution >= 0.6 is 0 Å². The molecular weight excluding hydrogens is 358 g/mol. The SMILES string of the molecule is CNC(=O)OC(c1ccc(OCc2ccccc2)cc1)C1C(=O)OCC1(C)C. The predicted octanol–water partition coefficient (Wildman–Crippen LogP) is 3.86. The van der Waals surface area contributed by atoms with E-state index in [1.807, 2.05) is 68.4 Å². The van der Waals surface area contributed by atoms with Gasteiger partial charge in [0.05, 0.1) is 6.61 Å². The molecule has 2 unspecified atom stereocenters. The molecule has 0 bridgehead atoms. The molecule has 0 spiro atoms. The van der Waals surface area contributed by atoms with Crippen LogP contribution in [0.3, 0.4) is 0 Å². The fourth-order valence-electron chi connectivity index (χ4n) is 3.29. The van der Waals surface area contributed by atoms with Crippen LogP contribution in [0, 0.1) is 11.3 Å². The number of nitrogens with one attached hydrogen (secondary N) is 1. The summed E-state index contributed by atoms with van der Waals surface area (Å²) in [6.45, 7) is 4.61. The van der Waals surface area contributed by atoms with Crippen LogP contribution in [0.2, 0.25) is 0 Å². The molecule has 1 saturated heterocycles. The van der Waals surface area contributed by atoms with Gasteiger partial charge in [0.1, 0.15) is 24.4 Å². The number of alkyl carbamates (subject to hydrolysis) is 1. The number of esters is 1. The Balaban J connectivity index is 1.78. The number of hydrogen-bond donors (Lipinski definition) is 1. The largest absolute Gasteiger partial charge is 0.489 e. The lowest BCUT2D eigenvalue weighted by molar-refractivity contribution is -0.144. The molecule has 1 N–H and O–H groups in total. The molecule has 6 heteroatoms. The molecule has 1 aliphatic rings. The number of amides is 1. The maximum atomic E-state index is 12.3. The maximum absolute atomic E-state index is 12.3. The summed E-state index contributed by atoms with van der Waals surface area (Å²) in [6.07, 6.45) is -1.34. The Kier molecular flexibility index (Phi) is 5.87. The maximum Gasteiger partial charge on any atom is 0.407 e. The molecule has 1 aliphatic heterocycles. The van der Waals surface area contributed by atoms with E-state index in [4.69, 9.17) is 14.2 Å². The highest BCUT2D eigenvalue weighted by atomic mass is 16.6. The number of carbonyl (C=O) groups is 2. The van der Waals surface area contributed by atoms with Gasteiger partial charge >= 0.3 is 12.1 Å². The third-order valence-corrected chi connectivity index (χ3v) is 4.88. The quantitative estimate of drug-likeness (QED) is 0.767. The second kappa shape index (κ2) is 8.33. The van der Waals surface area contributed by atoms with Crippen LogP contribution in [-0.4, -0.2) is 25.7 Å². The molecule has 148 valence electrons. The van der Waals surface area contributed by atoms with E-state index in [1.54, 1.807) is 0 Å². The van der Waals surface area contributed by atoms with Gasteiger partial charge < -0.3 is 19.5 Å². The fourth-order valence-corrected chi connectivity index (χ4v) is 3.29. The van der Waals surface area contributed by atoms with Crippen LogP contribution in [-0.2, 0) is 20.9 Å². The normalized spacial score (nSPS) is 18.8. The molecule has 28 heavy (non-hydrogen) atoms. The number of rotatable bonds is 6. The smallest absolute Gasteiger partial charge is 0.407 e. The van der Waals surface area contributed by atoms with Gasteiger partial charge in [0, 0.05) is 12.5 Å². The molecule has 3 rings (SSSR count). The number of benzene rings is 2. The second-order valence-electron chi connectivity index (χ2n) is 7.49. The van der Waals surface area contributed by atoms with Gasteiger partial charge in [-0.3, -0.25) is 4.79 Å². The fraction of sp³-hybridized carbons (Fsp3) is 0.364. The molecular formula is C22H25NO5. The van der Waals surface area contributed by atoms with E-state index < -0.39 is 23.5 Å². The Labute approximate surface area is 164 Å². The summed E-state index contributed by atoms with van der Waals surface area (Å²) in [4.78, 5) is 24.2. The van der Waals surface area contributed by atoms with Crippen molar-refractivity contribution in [3.05, 3.63) is 65.7 Å². The molecule has 1 amide bonds. The Hall–Kier alpha value is -3.02. The zero-order chi connectivity index (χ0) is 20.1. The van der Waals surface area contributed by atoms with Gasteiger partial charge in [-0.2, -0.15) is 0 Å². The second-order valence-corrected chi connectivity index (χ2v) is 7.49. The minimum atomic E-state index is -0.742. The lowest BCUT2D eigenvalue weighted by atomic mass is 9.76. The van der Waals surface area contributed by atoms with E-state index in [2.05, 4.69) is 5.32 Å². The van der Waals surface area contributed by atoms with Gasteiger partial charge in [0.25, 0.3) is 0 Å². The number of hydrogen-bond acceptors (Lipinski definition) is 5. The molecule has 0 saturated carbocycles. The van der Waals surface area contributed by atoms with Crippen LogP contribution in [0.1, 0.15) is 31.1 Å². The Bertz CT molecular complexity index is 817. The minimum Gasteiger partial charge on any atom is -0.489 e. The van der Waals surface area contributed by atoms with Gasteiger partial charge in [0.2, 0.25) is 0 Å². The van der Waals surface area contributed by atoms with E-state index in [0.29, 0.717) is 24.5 Å². The van der Waals surface area contributed by atoms with E-state index in [0.717, 1.165) is 5.56 Å². The van der Waals surface area contributed by atoms with Crippen molar-refractivity contribution in [2.75, 3.05) is 13.7 Å². The van der Waals surface area contributed by atoms with Crippen molar-refractivity contribution in [2.24, 2.45) is 11.3 Å². The molecule has 2 aromatic rings. The van der Waals surface area contributed by atoms with Crippen molar-refractivity contribution in [1.29, 1.82) is 0 Å². The van der Waals surface area contributed by atoms with Crippen molar-refractivity contribution in [3.63, 3.8) is 0 Å². The van der Waals surface area contributed by atoms with Crippen LogP contribution < -0.4 is 10.1 Å². The molecule has 0 aromatic heterocycles. The Morgan fingerprint density at radius 2 is 1.86 bits per heavy atom. The number of cyclic esters (lactones) is 1. The van der Waals surface area contributed by atoms with Crippen LogP contribution in [0.5, 0.6) is 5.75 Å². The predicted molar refractivity (Wildman–Crippen MR) is 104 cm³/mol. The molecule has 0 aliphatic carbocycles. The highest BCUT2D eigenvalue weighted by Crippen LogP contribution is 2.44. The van der Waals surface area contributed by atoms with Gasteiger partial charge in [0.15, 0.2) is 0 Å². The van der Waals surface area contributed by atoms with Crippen LogP contribution in [0.25, 0.3) is 0 Å². The third-order valence-electron chi connectivity index (χ3n) is 4.88. The first-order chi connectivity index (χ1) is 13.4. The average Bonchev–Trinajstić information content (AvgIpc) is 2.98. The highest BCUT2D eigenvalue weighted by Gasteiger charge is 2.50. The zero-order valence-corrected chi connectivity index (χ0v) is 16.3. The summed E-state index contributed by atoms with van der Waals surface area (Å²) in [7, 11) is 1.48. The van der Waals surface area contributed by atoms with Gasteiger partial charge in [-0.25, -0.2) is 4.79 Å². The molecule has 2 aromatic carbocycles. The standard InChI is InChI=1S/C22H25NO5/c1-22(2)14-27-20(24)18(22)19(28-21(25)23-3)16-9-11-17(12-10-16)26-13-15-7-5-4-6-8-15/h4-12,18-19H,13-14H2,1-3H3,(H,23,25). The van der Waals surface area contributed by atoms with Crippen molar-refractivity contribution in [2.45, 2.75) is 26.6 Å². The van der Waals surface area contributed by atoms with Gasteiger partial charge in [-0.15, -0.1) is 0 Å². The first-order valence-electron chi connectivity index (χ1n) is 9.22. The minimum absolute atomic E-state index is 0.294. The summed E-state index contributed by atoms with van der Waals surface area (Å²) in [5.41, 5.74) is 1.34. The Morgan fingerprint density at radius 3 is 2.43 bits per heavy atom. The summed E-state index contributed by atoms with van der Waals surface area (Å²) in [6, 6.07) is 17.1. The van der Waals surface area contributed by atoms with Crippen molar-refractivity contribution in [3.8, 4) is 5.75 Å². The first kappa shape index (κ1) is 19.7. The van der Waals surface area contributed by atoms with E-state index in [1.165, 1.54) is 7.05 Å². The molecule has 1 heterocycles. The first-order valence-corrected chi connectivity index (χ1v) is 9.22. The van der Waals surface area contributed by atoms with Crippen molar-refractivity contribution in [1.82, 2.24) is 5.32 Å². The van der Waals surface area contributed by atoms with E-state index in [9.17, 15) is 9.59 Å². The van der Waals surface area contributed by atoms with Crippen molar-refractivity contribution >= 4 is 12.1 Å². The van der Waals surface area contributed by atoms with Gasteiger partial charge in [-0.05, 0) is 23.3 Å². The number of carbonyl (C=O) groups excluding carboxylic acids is 2. The average molecular weight is 383 g/mol. The topological polar surface area (TPSA) is 73.9 Å². The monoisotopic (exact) mass is 383 g/mol. The van der Waals surface area contributed by atoms with E-state index >= 15 is 0 Å². The highest BCUT2D eigenvalue weighted by molar-refractivity contribution is 5.77.